The molecule has 0 aromatic carbocycles. The number of aromatic nitrogens is 6. The van der Waals surface area contributed by atoms with Crippen LogP contribution in [-0.4, -0.2) is 28.7 Å². The lowest BCUT2D eigenvalue weighted by molar-refractivity contribution is 0.505. The molecule has 1 saturated carbocycles. The minimum atomic E-state index is -0.0160. The van der Waals surface area contributed by atoms with Crippen molar-refractivity contribution in [3.8, 4) is 0 Å². The third-order valence-electron chi connectivity index (χ3n) is 5.69. The van der Waals surface area contributed by atoms with Gasteiger partial charge in [0.25, 0.3) is 0 Å². The number of fused-ring (bicyclic) bond motifs is 2. The van der Waals surface area contributed by atoms with Gasteiger partial charge in [-0.1, -0.05) is 13.8 Å². The molecule has 4 aromatic rings. The van der Waals surface area contributed by atoms with E-state index in [1.54, 1.807) is 29.2 Å². The summed E-state index contributed by atoms with van der Waals surface area (Å²) in [7, 11) is 0. The number of pyridine rings is 2. The van der Waals surface area contributed by atoms with E-state index >= 15 is 0 Å². The van der Waals surface area contributed by atoms with E-state index in [1.807, 2.05) is 10.6 Å². The van der Waals surface area contributed by atoms with Crippen molar-refractivity contribution in [3.05, 3.63) is 58.4 Å². The second-order valence-electron chi connectivity index (χ2n) is 8.34. The second kappa shape index (κ2) is 7.10. The average molecular weight is 401 g/mol. The maximum atomic E-state index is 13.3. The van der Waals surface area contributed by atoms with Crippen LogP contribution >= 0.6 is 0 Å². The fourth-order valence-electron chi connectivity index (χ4n) is 3.96. The van der Waals surface area contributed by atoms with Gasteiger partial charge in [0, 0.05) is 25.0 Å². The summed E-state index contributed by atoms with van der Waals surface area (Å²) in [6.45, 7) is 12.7. The molecule has 1 fully saturated rings. The summed E-state index contributed by atoms with van der Waals surface area (Å²) in [5.41, 5.74) is 3.66. The molecular formula is C22H23N7O. The largest absolute Gasteiger partial charge is 0.329 e. The first-order chi connectivity index (χ1) is 14.6. The molecule has 4 heterocycles. The van der Waals surface area contributed by atoms with Gasteiger partial charge in [-0.15, -0.1) is 0 Å². The number of imidazole rings is 2. The third-order valence-corrected chi connectivity index (χ3v) is 5.69. The van der Waals surface area contributed by atoms with Crippen molar-refractivity contribution in [3.63, 3.8) is 0 Å². The van der Waals surface area contributed by atoms with Gasteiger partial charge in [0.15, 0.2) is 5.65 Å². The Labute approximate surface area is 173 Å². The van der Waals surface area contributed by atoms with Gasteiger partial charge in [-0.2, -0.15) is 0 Å². The molecule has 0 bridgehead atoms. The fraction of sp³-hybridized carbons (Fsp3) is 0.409. The van der Waals surface area contributed by atoms with Gasteiger partial charge in [-0.05, 0) is 37.3 Å². The highest BCUT2D eigenvalue weighted by atomic mass is 16.1. The van der Waals surface area contributed by atoms with Crippen LogP contribution in [0.2, 0.25) is 0 Å². The molecule has 4 aromatic heterocycles. The first-order valence-electron chi connectivity index (χ1n) is 10.3. The van der Waals surface area contributed by atoms with Crippen LogP contribution in [0.5, 0.6) is 0 Å². The van der Waals surface area contributed by atoms with Crippen LogP contribution in [0.3, 0.4) is 0 Å². The quantitative estimate of drug-likeness (QED) is 0.459. The van der Waals surface area contributed by atoms with Crippen LogP contribution in [0.25, 0.3) is 27.0 Å². The van der Waals surface area contributed by atoms with Crippen molar-refractivity contribution >= 4 is 27.9 Å². The molecule has 0 aliphatic heterocycles. The highest BCUT2D eigenvalue weighted by molar-refractivity contribution is 5.77. The number of rotatable bonds is 6. The van der Waals surface area contributed by atoms with Crippen LogP contribution in [-0.2, 0) is 13.1 Å². The van der Waals surface area contributed by atoms with Gasteiger partial charge in [-0.25, -0.2) is 19.6 Å². The fourth-order valence-corrected chi connectivity index (χ4v) is 3.96. The van der Waals surface area contributed by atoms with Crippen LogP contribution in [0.1, 0.15) is 45.0 Å². The Bertz CT molecular complexity index is 1350. The summed E-state index contributed by atoms with van der Waals surface area (Å²) in [5.74, 6) is 1.31. The van der Waals surface area contributed by atoms with Crippen LogP contribution in [0.4, 0.5) is 5.69 Å². The SMILES string of the molecule is [C-]#[N+]c1cnc2c(c1)nc(Cn1c(=O)n(C3CC3)c3ccncc31)n2CCC(C)C. The van der Waals surface area contributed by atoms with E-state index in [4.69, 9.17) is 11.6 Å². The molecule has 0 spiro atoms. The topological polar surface area (TPSA) is 74.9 Å². The molecule has 0 amide bonds. The first-order valence-corrected chi connectivity index (χ1v) is 10.3. The van der Waals surface area contributed by atoms with Crippen LogP contribution in [0.15, 0.2) is 35.5 Å². The highest BCUT2D eigenvalue weighted by Gasteiger charge is 2.29. The van der Waals surface area contributed by atoms with Gasteiger partial charge >= 0.3 is 5.69 Å². The van der Waals surface area contributed by atoms with E-state index in [-0.39, 0.29) is 11.7 Å². The molecule has 1 aliphatic carbocycles. The molecule has 0 atom stereocenters. The summed E-state index contributed by atoms with van der Waals surface area (Å²) < 4.78 is 5.75. The van der Waals surface area contributed by atoms with E-state index in [0.717, 1.165) is 48.3 Å². The summed E-state index contributed by atoms with van der Waals surface area (Å²) in [4.78, 5) is 30.3. The summed E-state index contributed by atoms with van der Waals surface area (Å²) in [6.07, 6.45) is 8.13. The van der Waals surface area contributed by atoms with Gasteiger partial charge in [0.1, 0.15) is 5.82 Å². The van der Waals surface area contributed by atoms with Crippen molar-refractivity contribution in [1.29, 1.82) is 0 Å². The molecular weight excluding hydrogens is 378 g/mol. The molecule has 152 valence electrons. The summed E-state index contributed by atoms with van der Waals surface area (Å²) >= 11 is 0. The summed E-state index contributed by atoms with van der Waals surface area (Å²) in [6, 6.07) is 3.96. The molecule has 5 rings (SSSR count). The van der Waals surface area contributed by atoms with E-state index in [1.165, 1.54) is 0 Å². The van der Waals surface area contributed by atoms with Crippen LogP contribution in [0, 0.1) is 12.5 Å². The van der Waals surface area contributed by atoms with E-state index in [9.17, 15) is 4.79 Å². The van der Waals surface area contributed by atoms with Gasteiger partial charge < -0.3 is 4.57 Å². The zero-order chi connectivity index (χ0) is 20.8. The standard InChI is InChI=1S/C22H23N7O/c1-14(2)7-9-27-20(26-17-10-15(23-3)11-25-21(17)27)13-28-19-12-24-8-6-18(19)29(22(28)30)16-4-5-16/h6,8,10-12,14,16H,4-5,7,9,13H2,1-2H3. The zero-order valence-corrected chi connectivity index (χ0v) is 17.1. The maximum absolute atomic E-state index is 13.3. The van der Waals surface area contributed by atoms with Gasteiger partial charge in [0.05, 0.1) is 35.9 Å². The van der Waals surface area contributed by atoms with Gasteiger partial charge in [-0.3, -0.25) is 14.1 Å². The Morgan fingerprint density at radius 2 is 2.07 bits per heavy atom. The van der Waals surface area contributed by atoms with Crippen LogP contribution < -0.4 is 5.69 Å². The van der Waals surface area contributed by atoms with E-state index < -0.39 is 0 Å². The molecule has 8 nitrogen and oxygen atoms in total. The molecule has 1 aliphatic rings. The Hall–Kier alpha value is -3.47. The van der Waals surface area contributed by atoms with Crippen molar-refractivity contribution in [2.45, 2.75) is 52.2 Å². The smallest absolute Gasteiger partial charge is 0.311 e. The van der Waals surface area contributed by atoms with Crippen molar-refractivity contribution in [2.75, 3.05) is 0 Å². The third kappa shape index (κ3) is 3.07. The normalized spacial score (nSPS) is 14.1. The number of aryl methyl sites for hydroxylation is 1. The lowest BCUT2D eigenvalue weighted by atomic mass is 10.1. The highest BCUT2D eigenvalue weighted by Crippen LogP contribution is 2.36. The first kappa shape index (κ1) is 18.6. The molecule has 0 N–H and O–H groups in total. The number of hydrogen-bond donors (Lipinski definition) is 0. The lowest BCUT2D eigenvalue weighted by Gasteiger charge is -2.11. The molecule has 0 saturated heterocycles. The average Bonchev–Trinajstić information content (AvgIpc) is 3.46. The number of hydrogen-bond acceptors (Lipinski definition) is 4. The Kier molecular flexibility index (Phi) is 4.39. The van der Waals surface area contributed by atoms with Crippen molar-refractivity contribution in [2.24, 2.45) is 5.92 Å². The monoisotopic (exact) mass is 401 g/mol. The Morgan fingerprint density at radius 3 is 2.80 bits per heavy atom. The maximum Gasteiger partial charge on any atom is 0.329 e. The minimum Gasteiger partial charge on any atom is -0.311 e. The molecule has 30 heavy (non-hydrogen) atoms. The summed E-state index contributed by atoms with van der Waals surface area (Å²) in [5, 5.41) is 0. The second-order valence-corrected chi connectivity index (χ2v) is 8.34. The lowest BCUT2D eigenvalue weighted by Crippen LogP contribution is -2.25. The molecule has 8 heteroatoms. The zero-order valence-electron chi connectivity index (χ0n) is 17.1. The van der Waals surface area contributed by atoms with E-state index in [0.29, 0.717) is 23.7 Å². The molecule has 0 unspecified atom stereocenters. The number of nitrogens with zero attached hydrogens (tertiary/aromatic N) is 7. The Morgan fingerprint density at radius 1 is 1.23 bits per heavy atom. The molecule has 0 radical (unpaired) electrons. The Balaban J connectivity index is 1.65. The predicted molar refractivity (Wildman–Crippen MR) is 115 cm³/mol. The minimum absolute atomic E-state index is 0.0160. The van der Waals surface area contributed by atoms with Crippen molar-refractivity contribution in [1.82, 2.24) is 28.7 Å². The van der Waals surface area contributed by atoms with E-state index in [2.05, 4.69) is 33.2 Å². The van der Waals surface area contributed by atoms with Gasteiger partial charge in [0.2, 0.25) is 5.69 Å². The predicted octanol–water partition coefficient (Wildman–Crippen LogP) is 3.92. The van der Waals surface area contributed by atoms with Crippen molar-refractivity contribution < 1.29 is 0 Å².